The van der Waals surface area contributed by atoms with Crippen LogP contribution in [0.15, 0.2) is 30.7 Å². The molecule has 3 heterocycles. The Balaban J connectivity index is 1.66. The quantitative estimate of drug-likeness (QED) is 0.938. The minimum absolute atomic E-state index is 0.185. The highest BCUT2D eigenvalue weighted by atomic mass is 16.2. The number of amides is 1. The van der Waals surface area contributed by atoms with Crippen LogP contribution in [0.25, 0.3) is 0 Å². The minimum atomic E-state index is 0.185. The molecule has 1 unspecified atom stereocenters. The fourth-order valence-electron chi connectivity index (χ4n) is 3.00. The first kappa shape index (κ1) is 13.8. The van der Waals surface area contributed by atoms with Crippen molar-refractivity contribution in [2.75, 3.05) is 13.1 Å². The Morgan fingerprint density at radius 2 is 2.38 bits per heavy atom. The topological polar surface area (TPSA) is 61.9 Å². The molecule has 2 aromatic rings. The molecular formula is C16H20N4O. The second kappa shape index (κ2) is 6.08. The first-order chi connectivity index (χ1) is 10.2. The first-order valence-electron chi connectivity index (χ1n) is 7.40. The molecule has 1 aliphatic heterocycles. The first-order valence-corrected chi connectivity index (χ1v) is 7.40. The van der Waals surface area contributed by atoms with Crippen LogP contribution in [0.3, 0.4) is 0 Å². The van der Waals surface area contributed by atoms with E-state index in [1.165, 1.54) is 11.3 Å². The van der Waals surface area contributed by atoms with Crippen LogP contribution < -0.4 is 0 Å². The van der Waals surface area contributed by atoms with Gasteiger partial charge in [0, 0.05) is 37.1 Å². The number of aryl methyl sites for hydroxylation is 1. The zero-order valence-corrected chi connectivity index (χ0v) is 12.2. The predicted octanol–water partition coefficient (Wildman–Crippen LogP) is 2.06. The zero-order chi connectivity index (χ0) is 14.7. The highest BCUT2D eigenvalue weighted by Crippen LogP contribution is 2.27. The molecule has 0 spiro atoms. The van der Waals surface area contributed by atoms with Crippen molar-refractivity contribution < 1.29 is 4.79 Å². The molecule has 2 aromatic heterocycles. The number of hydrogen-bond acceptors (Lipinski definition) is 3. The minimum Gasteiger partial charge on any atom is -0.342 e. The molecule has 1 N–H and O–H groups in total. The lowest BCUT2D eigenvalue weighted by molar-refractivity contribution is -0.131. The van der Waals surface area contributed by atoms with Crippen LogP contribution in [-0.4, -0.2) is 39.1 Å². The van der Waals surface area contributed by atoms with Gasteiger partial charge in [-0.15, -0.1) is 0 Å². The number of rotatable bonds is 3. The van der Waals surface area contributed by atoms with Crippen LogP contribution >= 0.6 is 0 Å². The number of aromatic nitrogens is 3. The summed E-state index contributed by atoms with van der Waals surface area (Å²) in [6, 6.07) is 3.82. The van der Waals surface area contributed by atoms with Crippen LogP contribution in [0.5, 0.6) is 0 Å². The third kappa shape index (κ3) is 3.12. The largest absolute Gasteiger partial charge is 0.342 e. The number of nitrogens with zero attached hydrogens (tertiary/aromatic N) is 3. The number of likely N-dealkylation sites (tertiary alicyclic amines) is 1. The van der Waals surface area contributed by atoms with Crippen molar-refractivity contribution in [2.45, 2.75) is 32.1 Å². The average molecular weight is 284 g/mol. The van der Waals surface area contributed by atoms with Gasteiger partial charge < -0.3 is 4.90 Å². The SMILES string of the molecule is Cc1cn[nH]c1C1CCCN(C(=O)Cc2cccnc2)C1. The molecule has 110 valence electrons. The van der Waals surface area contributed by atoms with Gasteiger partial charge >= 0.3 is 0 Å². The Morgan fingerprint density at radius 3 is 3.10 bits per heavy atom. The molecule has 1 amide bonds. The van der Waals surface area contributed by atoms with Crippen LogP contribution in [0.2, 0.25) is 0 Å². The molecule has 0 bridgehead atoms. The van der Waals surface area contributed by atoms with Gasteiger partial charge in [0.05, 0.1) is 12.6 Å². The number of hydrogen-bond donors (Lipinski definition) is 1. The van der Waals surface area contributed by atoms with Crippen molar-refractivity contribution in [1.82, 2.24) is 20.1 Å². The molecule has 1 aliphatic rings. The third-order valence-corrected chi connectivity index (χ3v) is 4.13. The molecule has 0 aliphatic carbocycles. The van der Waals surface area contributed by atoms with Gasteiger partial charge in [-0.3, -0.25) is 14.9 Å². The molecule has 1 saturated heterocycles. The van der Waals surface area contributed by atoms with Crippen molar-refractivity contribution in [3.05, 3.63) is 47.5 Å². The van der Waals surface area contributed by atoms with Gasteiger partial charge in [0.15, 0.2) is 0 Å². The van der Waals surface area contributed by atoms with E-state index in [4.69, 9.17) is 0 Å². The lowest BCUT2D eigenvalue weighted by atomic mass is 9.92. The van der Waals surface area contributed by atoms with Gasteiger partial charge in [0.25, 0.3) is 0 Å². The fraction of sp³-hybridized carbons (Fsp3) is 0.438. The molecule has 5 nitrogen and oxygen atoms in total. The van der Waals surface area contributed by atoms with E-state index in [9.17, 15) is 4.79 Å². The molecule has 1 fully saturated rings. The van der Waals surface area contributed by atoms with Crippen molar-refractivity contribution in [2.24, 2.45) is 0 Å². The van der Waals surface area contributed by atoms with E-state index >= 15 is 0 Å². The van der Waals surface area contributed by atoms with Gasteiger partial charge in [-0.05, 0) is 37.0 Å². The average Bonchev–Trinajstić information content (AvgIpc) is 2.94. The fourth-order valence-corrected chi connectivity index (χ4v) is 3.00. The summed E-state index contributed by atoms with van der Waals surface area (Å²) >= 11 is 0. The van der Waals surface area contributed by atoms with Crippen molar-refractivity contribution >= 4 is 5.91 Å². The van der Waals surface area contributed by atoms with Crippen LogP contribution in [0, 0.1) is 6.92 Å². The van der Waals surface area contributed by atoms with Crippen molar-refractivity contribution in [1.29, 1.82) is 0 Å². The van der Waals surface area contributed by atoms with Crippen molar-refractivity contribution in [3.63, 3.8) is 0 Å². The lowest BCUT2D eigenvalue weighted by Crippen LogP contribution is -2.40. The van der Waals surface area contributed by atoms with Crippen molar-refractivity contribution in [3.8, 4) is 0 Å². The number of pyridine rings is 1. The summed E-state index contributed by atoms with van der Waals surface area (Å²) < 4.78 is 0. The number of nitrogens with one attached hydrogen (secondary N) is 1. The monoisotopic (exact) mass is 284 g/mol. The number of aromatic amines is 1. The second-order valence-corrected chi connectivity index (χ2v) is 5.68. The summed E-state index contributed by atoms with van der Waals surface area (Å²) in [5.41, 5.74) is 3.33. The maximum absolute atomic E-state index is 12.4. The van der Waals surface area contributed by atoms with Gasteiger partial charge in [-0.25, -0.2) is 0 Å². The second-order valence-electron chi connectivity index (χ2n) is 5.68. The van der Waals surface area contributed by atoms with E-state index in [1.54, 1.807) is 12.4 Å². The summed E-state index contributed by atoms with van der Waals surface area (Å²) in [6.45, 7) is 3.69. The van der Waals surface area contributed by atoms with E-state index in [-0.39, 0.29) is 5.91 Å². The van der Waals surface area contributed by atoms with Gasteiger partial charge in [-0.2, -0.15) is 5.10 Å². The number of carbonyl (C=O) groups is 1. The Hall–Kier alpha value is -2.17. The summed E-state index contributed by atoms with van der Waals surface area (Å²) in [4.78, 5) is 18.5. The maximum atomic E-state index is 12.4. The lowest BCUT2D eigenvalue weighted by Gasteiger charge is -2.32. The predicted molar refractivity (Wildman–Crippen MR) is 79.8 cm³/mol. The van der Waals surface area contributed by atoms with Gasteiger partial charge in [0.2, 0.25) is 5.91 Å². The third-order valence-electron chi connectivity index (χ3n) is 4.13. The van der Waals surface area contributed by atoms with Crippen LogP contribution in [0.4, 0.5) is 0 Å². The molecule has 5 heteroatoms. The normalized spacial score (nSPS) is 18.7. The van der Waals surface area contributed by atoms with Gasteiger partial charge in [0.1, 0.15) is 0 Å². The van der Waals surface area contributed by atoms with E-state index in [0.717, 1.165) is 31.5 Å². The molecule has 21 heavy (non-hydrogen) atoms. The Kier molecular flexibility index (Phi) is 3.99. The van der Waals surface area contributed by atoms with Crippen LogP contribution in [-0.2, 0) is 11.2 Å². The Morgan fingerprint density at radius 1 is 1.48 bits per heavy atom. The summed E-state index contributed by atoms with van der Waals surface area (Å²) in [5.74, 6) is 0.559. The van der Waals surface area contributed by atoms with E-state index in [0.29, 0.717) is 12.3 Å². The standard InChI is InChI=1S/C16H20N4O/c1-12-9-18-19-16(12)14-5-3-7-20(11-14)15(21)8-13-4-2-6-17-10-13/h2,4,6,9-10,14H,3,5,7-8,11H2,1H3,(H,18,19). The highest BCUT2D eigenvalue weighted by molar-refractivity contribution is 5.78. The molecule has 0 aromatic carbocycles. The Bertz CT molecular complexity index is 608. The summed E-state index contributed by atoms with van der Waals surface area (Å²) in [5, 5.41) is 7.18. The summed E-state index contributed by atoms with van der Waals surface area (Å²) in [6.07, 6.45) is 7.93. The highest BCUT2D eigenvalue weighted by Gasteiger charge is 2.26. The Labute approximate surface area is 124 Å². The smallest absolute Gasteiger partial charge is 0.227 e. The van der Waals surface area contributed by atoms with E-state index in [2.05, 4.69) is 22.1 Å². The van der Waals surface area contributed by atoms with Crippen LogP contribution in [0.1, 0.15) is 35.6 Å². The van der Waals surface area contributed by atoms with E-state index in [1.807, 2.05) is 23.2 Å². The van der Waals surface area contributed by atoms with Gasteiger partial charge in [-0.1, -0.05) is 6.07 Å². The molecule has 3 rings (SSSR count). The molecule has 1 atom stereocenters. The number of H-pyrrole nitrogens is 1. The number of piperidine rings is 1. The maximum Gasteiger partial charge on any atom is 0.227 e. The molecule has 0 radical (unpaired) electrons. The molecule has 0 saturated carbocycles. The number of carbonyl (C=O) groups excluding carboxylic acids is 1. The van der Waals surface area contributed by atoms with E-state index < -0.39 is 0 Å². The zero-order valence-electron chi connectivity index (χ0n) is 12.2. The summed E-state index contributed by atoms with van der Waals surface area (Å²) in [7, 11) is 0. The molecular weight excluding hydrogens is 264 g/mol.